The molecule has 0 spiro atoms. The molecule has 2 aliphatic rings. The van der Waals surface area contributed by atoms with E-state index in [2.05, 4.69) is 10.4 Å². The fourth-order valence-electron chi connectivity index (χ4n) is 4.14. The maximum atomic E-state index is 12.9. The van der Waals surface area contributed by atoms with E-state index in [0.29, 0.717) is 24.3 Å². The quantitative estimate of drug-likeness (QED) is 0.233. The van der Waals surface area contributed by atoms with Gasteiger partial charge in [0.15, 0.2) is 0 Å². The molecule has 11 heteroatoms. The first-order valence-electron chi connectivity index (χ1n) is 11.0. The Morgan fingerprint density at radius 2 is 1.94 bits per heavy atom. The van der Waals surface area contributed by atoms with Gasteiger partial charge >= 0.3 is 5.91 Å². The molecule has 1 unspecified atom stereocenters. The van der Waals surface area contributed by atoms with Gasteiger partial charge in [0.05, 0.1) is 6.54 Å². The van der Waals surface area contributed by atoms with Crippen molar-refractivity contribution in [2.75, 3.05) is 0 Å². The summed E-state index contributed by atoms with van der Waals surface area (Å²) in [6, 6.07) is 12.2. The summed E-state index contributed by atoms with van der Waals surface area (Å²) in [5.74, 6) is -1.09. The number of hydrogen-bond donors (Lipinski definition) is 4. The van der Waals surface area contributed by atoms with Gasteiger partial charge in [0.1, 0.15) is 31.1 Å². The topological polar surface area (TPSA) is 172 Å². The van der Waals surface area contributed by atoms with Crippen molar-refractivity contribution in [3.63, 3.8) is 0 Å². The van der Waals surface area contributed by atoms with E-state index in [0.717, 1.165) is 22.9 Å². The zero-order valence-corrected chi connectivity index (χ0v) is 18.8. The number of fused-ring (bicyclic) bond motifs is 1. The number of quaternary nitrogens is 1. The second kappa shape index (κ2) is 10.3. The Morgan fingerprint density at radius 3 is 2.63 bits per heavy atom. The molecule has 0 saturated carbocycles. The molecule has 0 aromatic heterocycles. The van der Waals surface area contributed by atoms with E-state index in [1.165, 1.54) is 4.90 Å². The zero-order chi connectivity index (χ0) is 24.9. The minimum Gasteiger partial charge on any atom is -0.489 e. The van der Waals surface area contributed by atoms with Gasteiger partial charge in [-0.2, -0.15) is 5.11 Å². The minimum absolute atomic E-state index is 0.172. The normalized spacial score (nSPS) is 17.7. The van der Waals surface area contributed by atoms with Crippen LogP contribution in [0.2, 0.25) is 0 Å². The second-order valence-electron chi connectivity index (χ2n) is 8.27. The molecule has 6 N–H and O–H groups in total. The third-order valence-corrected chi connectivity index (χ3v) is 6.00. The number of carbonyl (C=O) groups is 4. The van der Waals surface area contributed by atoms with Crippen LogP contribution in [0.1, 0.15) is 39.9 Å². The Kier molecular flexibility index (Phi) is 6.97. The lowest BCUT2D eigenvalue weighted by molar-refractivity contribution is -0.617. The van der Waals surface area contributed by atoms with Crippen molar-refractivity contribution in [3.05, 3.63) is 76.6 Å². The SMILES string of the molecule is N=NC=C([NH2+]Cc1ccc(COc2cccc3c2CN(C2CCC(=O)NC2=O)C3=O)cc1)C(N)=O. The molecule has 180 valence electrons. The van der Waals surface area contributed by atoms with Crippen LogP contribution in [-0.4, -0.2) is 34.6 Å². The molecule has 4 rings (SSSR count). The van der Waals surface area contributed by atoms with E-state index in [4.69, 9.17) is 16.0 Å². The number of nitrogens with zero attached hydrogens (tertiary/aromatic N) is 2. The van der Waals surface area contributed by atoms with E-state index in [-0.39, 0.29) is 37.1 Å². The van der Waals surface area contributed by atoms with Crippen LogP contribution >= 0.6 is 0 Å². The van der Waals surface area contributed by atoms with Crippen molar-refractivity contribution in [2.24, 2.45) is 10.8 Å². The van der Waals surface area contributed by atoms with Gasteiger partial charge in [0.25, 0.3) is 5.91 Å². The number of piperidine rings is 1. The van der Waals surface area contributed by atoms with Gasteiger partial charge in [0.2, 0.25) is 17.5 Å². The number of imide groups is 1. The van der Waals surface area contributed by atoms with Crippen molar-refractivity contribution < 1.29 is 29.2 Å². The maximum Gasteiger partial charge on any atom is 0.304 e. The second-order valence-corrected chi connectivity index (χ2v) is 8.27. The van der Waals surface area contributed by atoms with Crippen LogP contribution in [0.25, 0.3) is 0 Å². The number of benzene rings is 2. The van der Waals surface area contributed by atoms with E-state index in [9.17, 15) is 19.2 Å². The Hall–Kier alpha value is -4.38. The summed E-state index contributed by atoms with van der Waals surface area (Å²) >= 11 is 0. The van der Waals surface area contributed by atoms with Gasteiger partial charge in [-0.25, -0.2) is 5.53 Å². The first kappa shape index (κ1) is 23.8. The number of nitrogens with two attached hydrogens (primary N) is 2. The fourth-order valence-corrected chi connectivity index (χ4v) is 4.14. The molecule has 2 aromatic carbocycles. The van der Waals surface area contributed by atoms with Crippen LogP contribution in [0.4, 0.5) is 0 Å². The molecule has 1 saturated heterocycles. The third-order valence-electron chi connectivity index (χ3n) is 6.00. The van der Waals surface area contributed by atoms with Crippen molar-refractivity contribution in [2.45, 2.75) is 38.6 Å². The predicted molar refractivity (Wildman–Crippen MR) is 121 cm³/mol. The van der Waals surface area contributed by atoms with Crippen LogP contribution in [0.5, 0.6) is 5.75 Å². The average molecular weight is 478 g/mol. The van der Waals surface area contributed by atoms with Crippen LogP contribution in [0.3, 0.4) is 0 Å². The van der Waals surface area contributed by atoms with E-state index >= 15 is 0 Å². The smallest absolute Gasteiger partial charge is 0.304 e. The van der Waals surface area contributed by atoms with Gasteiger partial charge in [-0.1, -0.05) is 30.3 Å². The van der Waals surface area contributed by atoms with Crippen molar-refractivity contribution in [1.82, 2.24) is 10.2 Å². The molecular formula is C24H25N6O5+. The standard InChI is InChI=1S/C24H24N6O5/c25-22(32)18(11-28-26)27-10-14-4-6-15(7-5-14)13-35-20-3-1-2-16-17(20)12-30(24(16)34)19-8-9-21(31)29-23(19)33/h1-7,11,19,26-27H,8-10,12-13H2,(H2,25,32)(H,29,31,33)/p+1. The molecule has 2 heterocycles. The molecule has 1 atom stereocenters. The summed E-state index contributed by atoms with van der Waals surface area (Å²) in [4.78, 5) is 49.5. The van der Waals surface area contributed by atoms with Crippen LogP contribution in [0.15, 0.2) is 59.5 Å². The number of ether oxygens (including phenoxy) is 1. The number of nitrogens with one attached hydrogen (secondary N) is 2. The molecule has 0 aliphatic carbocycles. The molecule has 4 amide bonds. The summed E-state index contributed by atoms with van der Waals surface area (Å²) in [6.07, 6.45) is 1.61. The molecule has 2 aliphatic heterocycles. The maximum absolute atomic E-state index is 12.9. The van der Waals surface area contributed by atoms with Crippen LogP contribution in [-0.2, 0) is 34.1 Å². The van der Waals surface area contributed by atoms with Gasteiger partial charge in [-0.05, 0) is 24.1 Å². The summed E-state index contributed by atoms with van der Waals surface area (Å²) < 4.78 is 6.02. The summed E-state index contributed by atoms with van der Waals surface area (Å²) in [7, 11) is 0. The van der Waals surface area contributed by atoms with Crippen LogP contribution < -0.4 is 21.1 Å². The monoisotopic (exact) mass is 477 g/mol. The summed E-state index contributed by atoms with van der Waals surface area (Å²) in [5, 5.41) is 7.00. The molecule has 2 aromatic rings. The summed E-state index contributed by atoms with van der Waals surface area (Å²) in [5.41, 5.74) is 15.3. The highest BCUT2D eigenvalue weighted by Gasteiger charge is 2.40. The van der Waals surface area contributed by atoms with Gasteiger partial charge in [-0.3, -0.25) is 24.5 Å². The molecule has 1 fully saturated rings. The lowest BCUT2D eigenvalue weighted by Crippen LogP contribution is -2.82. The fraction of sp³-hybridized carbons (Fsp3) is 0.250. The highest BCUT2D eigenvalue weighted by Crippen LogP contribution is 2.33. The Balaban J connectivity index is 1.39. The highest BCUT2D eigenvalue weighted by atomic mass is 16.5. The van der Waals surface area contributed by atoms with Gasteiger partial charge < -0.3 is 20.7 Å². The van der Waals surface area contributed by atoms with E-state index in [1.54, 1.807) is 23.5 Å². The highest BCUT2D eigenvalue weighted by molar-refractivity contribution is 6.05. The zero-order valence-electron chi connectivity index (χ0n) is 18.8. The molecule has 0 radical (unpaired) electrons. The number of primary amides is 1. The number of carbonyl (C=O) groups excluding carboxylic acids is 4. The largest absolute Gasteiger partial charge is 0.489 e. The van der Waals surface area contributed by atoms with E-state index < -0.39 is 17.9 Å². The van der Waals surface area contributed by atoms with E-state index in [1.807, 2.05) is 24.3 Å². The number of rotatable bonds is 9. The third kappa shape index (κ3) is 5.25. The van der Waals surface area contributed by atoms with Crippen molar-refractivity contribution >= 4 is 23.6 Å². The number of hydrogen-bond acceptors (Lipinski definition) is 7. The molecular weight excluding hydrogens is 452 g/mol. The van der Waals surface area contributed by atoms with Crippen LogP contribution in [0, 0.1) is 5.53 Å². The lowest BCUT2D eigenvalue weighted by atomic mass is 10.0. The lowest BCUT2D eigenvalue weighted by Gasteiger charge is -2.29. The Labute approximate surface area is 200 Å². The predicted octanol–water partition coefficient (Wildman–Crippen LogP) is 0.448. The van der Waals surface area contributed by atoms with Gasteiger partial charge in [-0.15, -0.1) is 0 Å². The van der Waals surface area contributed by atoms with Crippen molar-refractivity contribution in [3.8, 4) is 5.75 Å². The molecule has 11 nitrogen and oxygen atoms in total. The van der Waals surface area contributed by atoms with Crippen molar-refractivity contribution in [1.29, 1.82) is 5.53 Å². The summed E-state index contributed by atoms with van der Waals surface area (Å²) in [6.45, 7) is 0.971. The first-order chi connectivity index (χ1) is 16.9. The Bertz CT molecular complexity index is 1220. The Morgan fingerprint density at radius 1 is 1.20 bits per heavy atom. The average Bonchev–Trinajstić information content (AvgIpc) is 3.17. The first-order valence-corrected chi connectivity index (χ1v) is 11.0. The molecule has 35 heavy (non-hydrogen) atoms. The molecule has 0 bridgehead atoms. The minimum atomic E-state index is -0.676. The number of amides is 4. The van der Waals surface area contributed by atoms with Gasteiger partial charge in [0, 0.05) is 23.1 Å².